The average Bonchev–Trinajstić information content (AvgIpc) is 2.46. The van der Waals surface area contributed by atoms with Crippen molar-refractivity contribution in [2.75, 3.05) is 18.6 Å². The van der Waals surface area contributed by atoms with Gasteiger partial charge in [0.2, 0.25) is 0 Å². The Balaban J connectivity index is 2.31. The molecule has 1 unspecified atom stereocenters. The van der Waals surface area contributed by atoms with Gasteiger partial charge in [0.15, 0.2) is 0 Å². The van der Waals surface area contributed by atoms with Crippen molar-refractivity contribution < 1.29 is 9.53 Å². The highest BCUT2D eigenvalue weighted by atomic mass is 79.9. The highest BCUT2D eigenvalue weighted by Gasteiger charge is 2.29. The number of rotatable bonds is 3. The number of piperidine rings is 1. The van der Waals surface area contributed by atoms with Crippen LogP contribution >= 0.6 is 28.1 Å². The van der Waals surface area contributed by atoms with Gasteiger partial charge in [0, 0.05) is 22.3 Å². The van der Waals surface area contributed by atoms with E-state index in [0.29, 0.717) is 4.99 Å². The molecule has 2 rings (SSSR count). The van der Waals surface area contributed by atoms with Crippen LogP contribution in [-0.2, 0) is 9.53 Å². The Morgan fingerprint density at radius 3 is 2.85 bits per heavy atom. The number of thiocarbonyl (C=S) groups is 1. The van der Waals surface area contributed by atoms with E-state index in [9.17, 15) is 4.79 Å². The molecule has 0 saturated carbocycles. The lowest BCUT2D eigenvalue weighted by Crippen LogP contribution is -2.45. The maximum absolute atomic E-state index is 11.9. The molecule has 2 N–H and O–H groups in total. The van der Waals surface area contributed by atoms with Crippen LogP contribution in [0.15, 0.2) is 22.7 Å². The zero-order valence-corrected chi connectivity index (χ0v) is 13.7. The van der Waals surface area contributed by atoms with Crippen LogP contribution in [0, 0.1) is 0 Å². The predicted octanol–water partition coefficient (Wildman–Crippen LogP) is 2.62. The summed E-state index contributed by atoms with van der Waals surface area (Å²) < 4.78 is 5.74. The van der Waals surface area contributed by atoms with Crippen LogP contribution in [0.4, 0.5) is 5.69 Å². The van der Waals surface area contributed by atoms with Gasteiger partial charge in [-0.25, -0.2) is 4.79 Å². The molecule has 4 nitrogen and oxygen atoms in total. The predicted molar refractivity (Wildman–Crippen MR) is 87.0 cm³/mol. The second-order valence-corrected chi connectivity index (χ2v) is 6.05. The van der Waals surface area contributed by atoms with E-state index in [2.05, 4.69) is 20.8 Å². The first kappa shape index (κ1) is 15.3. The summed E-state index contributed by atoms with van der Waals surface area (Å²) in [6, 6.07) is 5.57. The van der Waals surface area contributed by atoms with Gasteiger partial charge >= 0.3 is 5.97 Å². The van der Waals surface area contributed by atoms with E-state index in [0.717, 1.165) is 41.5 Å². The summed E-state index contributed by atoms with van der Waals surface area (Å²) in [5.74, 6) is -0.181. The van der Waals surface area contributed by atoms with E-state index in [1.807, 2.05) is 18.2 Å². The first-order valence-corrected chi connectivity index (χ1v) is 7.68. The van der Waals surface area contributed by atoms with Crippen LogP contribution in [0.3, 0.4) is 0 Å². The lowest BCUT2D eigenvalue weighted by molar-refractivity contribution is -0.142. The highest BCUT2D eigenvalue weighted by Crippen LogP contribution is 2.29. The lowest BCUT2D eigenvalue weighted by Gasteiger charge is -2.35. The lowest BCUT2D eigenvalue weighted by atomic mass is 10.0. The van der Waals surface area contributed by atoms with Gasteiger partial charge in [-0.15, -0.1) is 0 Å². The van der Waals surface area contributed by atoms with Crippen molar-refractivity contribution in [1.29, 1.82) is 0 Å². The molecule has 1 aliphatic rings. The van der Waals surface area contributed by atoms with E-state index >= 15 is 0 Å². The number of nitrogens with two attached hydrogens (primary N) is 1. The van der Waals surface area contributed by atoms with Gasteiger partial charge < -0.3 is 15.4 Å². The fraction of sp³-hybridized carbons (Fsp3) is 0.429. The van der Waals surface area contributed by atoms with E-state index < -0.39 is 0 Å². The average molecular weight is 357 g/mol. The molecule has 1 aliphatic heterocycles. The van der Waals surface area contributed by atoms with Crippen LogP contribution < -0.4 is 10.6 Å². The third kappa shape index (κ3) is 3.12. The fourth-order valence-electron chi connectivity index (χ4n) is 2.50. The summed E-state index contributed by atoms with van der Waals surface area (Å²) in [4.78, 5) is 14.3. The molecule has 1 aromatic carbocycles. The maximum atomic E-state index is 11.9. The zero-order chi connectivity index (χ0) is 14.7. The Morgan fingerprint density at radius 1 is 1.50 bits per heavy atom. The van der Waals surface area contributed by atoms with Crippen LogP contribution in [0.5, 0.6) is 0 Å². The number of ether oxygens (including phenoxy) is 1. The zero-order valence-electron chi connectivity index (χ0n) is 11.3. The molecular formula is C14H17BrN2O2S. The van der Waals surface area contributed by atoms with Crippen LogP contribution in [-0.4, -0.2) is 30.7 Å². The second kappa shape index (κ2) is 6.54. The van der Waals surface area contributed by atoms with Gasteiger partial charge in [0.1, 0.15) is 11.0 Å². The van der Waals surface area contributed by atoms with Gasteiger partial charge in [-0.3, -0.25) is 0 Å². The minimum absolute atomic E-state index is 0.181. The van der Waals surface area contributed by atoms with Crippen molar-refractivity contribution in [3.05, 3.63) is 28.2 Å². The van der Waals surface area contributed by atoms with Gasteiger partial charge in [-0.05, 0) is 53.4 Å². The van der Waals surface area contributed by atoms with Gasteiger partial charge in [0.25, 0.3) is 0 Å². The standard InChI is InChI=1S/C14H17BrN2O2S/c1-19-14(18)12-4-2-3-7-17(12)9-5-6-10(13(16)20)11(15)8-9/h5-6,8,12H,2-4,7H2,1H3,(H2,16,20). The van der Waals surface area contributed by atoms with Crippen LogP contribution in [0.25, 0.3) is 0 Å². The summed E-state index contributed by atoms with van der Waals surface area (Å²) in [7, 11) is 1.43. The van der Waals surface area contributed by atoms with Crippen molar-refractivity contribution in [1.82, 2.24) is 0 Å². The monoisotopic (exact) mass is 356 g/mol. The summed E-state index contributed by atoms with van der Waals surface area (Å²) >= 11 is 8.47. The molecule has 6 heteroatoms. The largest absolute Gasteiger partial charge is 0.467 e. The molecule has 20 heavy (non-hydrogen) atoms. The number of nitrogens with zero attached hydrogens (tertiary/aromatic N) is 1. The number of anilines is 1. The smallest absolute Gasteiger partial charge is 0.328 e. The van der Waals surface area contributed by atoms with Crippen molar-refractivity contribution in [3.63, 3.8) is 0 Å². The first-order valence-electron chi connectivity index (χ1n) is 6.48. The Morgan fingerprint density at radius 2 is 2.25 bits per heavy atom. The number of carbonyl (C=O) groups excluding carboxylic acids is 1. The molecule has 0 amide bonds. The second-order valence-electron chi connectivity index (χ2n) is 4.76. The molecule has 0 spiro atoms. The molecule has 1 saturated heterocycles. The molecule has 1 fully saturated rings. The molecule has 1 aromatic rings. The number of methoxy groups -OCH3 is 1. The number of esters is 1. The number of benzene rings is 1. The highest BCUT2D eigenvalue weighted by molar-refractivity contribution is 9.10. The molecule has 1 heterocycles. The maximum Gasteiger partial charge on any atom is 0.328 e. The minimum Gasteiger partial charge on any atom is -0.467 e. The number of hydrogen-bond donors (Lipinski definition) is 1. The summed E-state index contributed by atoms with van der Waals surface area (Å²) in [6.45, 7) is 0.846. The van der Waals surface area contributed by atoms with E-state index in [1.54, 1.807) is 0 Å². The number of halogens is 1. The van der Waals surface area contributed by atoms with Gasteiger partial charge in [0.05, 0.1) is 7.11 Å². The third-order valence-corrected chi connectivity index (χ3v) is 4.40. The Hall–Kier alpha value is -1.14. The SMILES string of the molecule is COC(=O)C1CCCCN1c1ccc(C(N)=S)c(Br)c1. The van der Waals surface area contributed by atoms with E-state index in [1.165, 1.54) is 7.11 Å². The minimum atomic E-state index is -0.212. The van der Waals surface area contributed by atoms with Crippen LogP contribution in [0.1, 0.15) is 24.8 Å². The summed E-state index contributed by atoms with van der Waals surface area (Å²) in [6.07, 6.45) is 2.94. The molecule has 1 atom stereocenters. The van der Waals surface area contributed by atoms with Crippen LogP contribution in [0.2, 0.25) is 0 Å². The Kier molecular flexibility index (Phi) is 4.99. The van der Waals surface area contributed by atoms with E-state index in [4.69, 9.17) is 22.7 Å². The molecule has 108 valence electrons. The van der Waals surface area contributed by atoms with Crippen molar-refractivity contribution in [3.8, 4) is 0 Å². The molecule has 0 aromatic heterocycles. The summed E-state index contributed by atoms with van der Waals surface area (Å²) in [5, 5.41) is 0. The van der Waals surface area contributed by atoms with Crippen molar-refractivity contribution >= 4 is 44.8 Å². The van der Waals surface area contributed by atoms with Crippen molar-refractivity contribution in [2.45, 2.75) is 25.3 Å². The molecular weight excluding hydrogens is 340 g/mol. The number of hydrogen-bond acceptors (Lipinski definition) is 4. The first-order chi connectivity index (χ1) is 9.54. The molecule has 0 radical (unpaired) electrons. The number of carbonyl (C=O) groups is 1. The van der Waals surface area contributed by atoms with Crippen molar-refractivity contribution in [2.24, 2.45) is 5.73 Å². The quantitative estimate of drug-likeness (QED) is 0.666. The molecule has 0 bridgehead atoms. The third-order valence-electron chi connectivity index (χ3n) is 3.53. The fourth-order valence-corrected chi connectivity index (χ4v) is 3.39. The van der Waals surface area contributed by atoms with Gasteiger partial charge in [-0.1, -0.05) is 12.2 Å². The Labute approximate surface area is 132 Å². The van der Waals surface area contributed by atoms with Gasteiger partial charge in [-0.2, -0.15) is 0 Å². The summed E-state index contributed by atoms with van der Waals surface area (Å²) in [5.41, 5.74) is 7.43. The Bertz CT molecular complexity index is 536. The van der Waals surface area contributed by atoms with E-state index in [-0.39, 0.29) is 12.0 Å². The topological polar surface area (TPSA) is 55.6 Å². The normalized spacial score (nSPS) is 18.7. The molecule has 0 aliphatic carbocycles.